The Balaban J connectivity index is 2.94. The fraction of sp³-hybridized carbons (Fsp3) is 0.333. The van der Waals surface area contributed by atoms with Gasteiger partial charge < -0.3 is 5.73 Å². The molecule has 76 valence electrons. The van der Waals surface area contributed by atoms with Crippen LogP contribution in [0, 0.1) is 6.92 Å². The molecule has 14 heavy (non-hydrogen) atoms. The van der Waals surface area contributed by atoms with E-state index in [9.17, 15) is 0 Å². The monoisotopic (exact) mass is 209 g/mol. The van der Waals surface area contributed by atoms with Gasteiger partial charge in [-0.3, -0.25) is 0 Å². The van der Waals surface area contributed by atoms with Crippen LogP contribution in [0.3, 0.4) is 0 Å². The van der Waals surface area contributed by atoms with Crippen LogP contribution in [0.2, 0.25) is 0 Å². The molecule has 2 heteroatoms. The molecule has 0 aliphatic heterocycles. The van der Waals surface area contributed by atoms with Crippen LogP contribution >= 0.6 is 11.6 Å². The molecule has 0 spiro atoms. The Kier molecular flexibility index (Phi) is 4.18. The predicted octanol–water partition coefficient (Wildman–Crippen LogP) is 3.18. The first-order valence-electron chi connectivity index (χ1n) is 4.74. The molecule has 1 unspecified atom stereocenters. The summed E-state index contributed by atoms with van der Waals surface area (Å²) in [5, 5.41) is 0. The van der Waals surface area contributed by atoms with E-state index in [0.29, 0.717) is 12.5 Å². The zero-order valence-electron chi connectivity index (χ0n) is 8.63. The van der Waals surface area contributed by atoms with Gasteiger partial charge in [-0.1, -0.05) is 48.4 Å². The molecule has 0 aliphatic rings. The van der Waals surface area contributed by atoms with Crippen molar-refractivity contribution in [2.75, 3.05) is 6.54 Å². The number of nitrogens with two attached hydrogens (primary N) is 1. The van der Waals surface area contributed by atoms with E-state index in [1.807, 2.05) is 0 Å². The molecule has 1 aromatic carbocycles. The van der Waals surface area contributed by atoms with Gasteiger partial charge in [0.25, 0.3) is 0 Å². The van der Waals surface area contributed by atoms with E-state index < -0.39 is 0 Å². The molecule has 0 fully saturated rings. The molecular formula is C12H16ClN. The number of halogens is 1. The molecule has 1 rings (SSSR count). The van der Waals surface area contributed by atoms with E-state index in [0.717, 1.165) is 5.57 Å². The molecule has 0 aliphatic carbocycles. The highest BCUT2D eigenvalue weighted by Crippen LogP contribution is 2.24. The average Bonchev–Trinajstić information content (AvgIpc) is 2.19. The molecule has 0 saturated heterocycles. The summed E-state index contributed by atoms with van der Waals surface area (Å²) in [7, 11) is 0. The van der Waals surface area contributed by atoms with Crippen LogP contribution in [0.4, 0.5) is 0 Å². The zero-order chi connectivity index (χ0) is 10.6. The Hall–Kier alpha value is -0.790. The van der Waals surface area contributed by atoms with Crippen LogP contribution in [-0.2, 0) is 0 Å². The summed E-state index contributed by atoms with van der Waals surface area (Å²) >= 11 is 5.71. The summed E-state index contributed by atoms with van der Waals surface area (Å²) in [6.45, 7) is 4.72. The third kappa shape index (κ3) is 2.60. The van der Waals surface area contributed by atoms with E-state index >= 15 is 0 Å². The van der Waals surface area contributed by atoms with Crippen molar-refractivity contribution in [1.29, 1.82) is 0 Å². The van der Waals surface area contributed by atoms with Crippen LogP contribution in [0.5, 0.6) is 0 Å². The lowest BCUT2D eigenvalue weighted by Crippen LogP contribution is -2.09. The summed E-state index contributed by atoms with van der Waals surface area (Å²) in [5.74, 6) is 0.303. The molecule has 0 bridgehead atoms. The Morgan fingerprint density at radius 3 is 2.79 bits per heavy atom. The largest absolute Gasteiger partial charge is 0.327 e. The normalized spacial score (nSPS) is 14.1. The van der Waals surface area contributed by atoms with Gasteiger partial charge in [-0.25, -0.2) is 0 Å². The fourth-order valence-corrected chi connectivity index (χ4v) is 1.75. The van der Waals surface area contributed by atoms with E-state index in [2.05, 4.69) is 38.1 Å². The van der Waals surface area contributed by atoms with E-state index in [1.54, 1.807) is 5.54 Å². The van der Waals surface area contributed by atoms with Gasteiger partial charge in [-0.15, -0.1) is 0 Å². The molecule has 1 atom stereocenters. The number of rotatable bonds is 3. The Morgan fingerprint density at radius 2 is 2.29 bits per heavy atom. The first kappa shape index (κ1) is 11.3. The summed E-state index contributed by atoms with van der Waals surface area (Å²) < 4.78 is 0. The second-order valence-corrected chi connectivity index (χ2v) is 3.74. The molecule has 2 N–H and O–H groups in total. The summed E-state index contributed by atoms with van der Waals surface area (Å²) in [6.07, 6.45) is 0. The second-order valence-electron chi connectivity index (χ2n) is 3.52. The summed E-state index contributed by atoms with van der Waals surface area (Å²) in [4.78, 5) is 0. The van der Waals surface area contributed by atoms with E-state index in [-0.39, 0.29) is 0 Å². The Labute approximate surface area is 90.6 Å². The summed E-state index contributed by atoms with van der Waals surface area (Å²) in [6, 6.07) is 8.42. The molecule has 0 amide bonds. The van der Waals surface area contributed by atoms with Gasteiger partial charge in [0.05, 0.1) is 0 Å². The van der Waals surface area contributed by atoms with Crippen molar-refractivity contribution in [3.8, 4) is 0 Å². The van der Waals surface area contributed by atoms with Crippen LogP contribution in [0.15, 0.2) is 35.4 Å². The lowest BCUT2D eigenvalue weighted by molar-refractivity contribution is 0.858. The maximum Gasteiger partial charge on any atom is 0.0154 e. The summed E-state index contributed by atoms with van der Waals surface area (Å²) in [5.41, 5.74) is 10.8. The van der Waals surface area contributed by atoms with Gasteiger partial charge in [-0.05, 0) is 18.1 Å². The minimum atomic E-state index is 0.303. The molecule has 1 aromatic rings. The first-order chi connectivity index (χ1) is 6.69. The third-order valence-corrected chi connectivity index (χ3v) is 2.75. The van der Waals surface area contributed by atoms with Gasteiger partial charge in [0, 0.05) is 18.0 Å². The average molecular weight is 210 g/mol. The number of hydrogen-bond acceptors (Lipinski definition) is 1. The maximum atomic E-state index is 5.71. The predicted molar refractivity (Wildman–Crippen MR) is 62.6 cm³/mol. The van der Waals surface area contributed by atoms with E-state index in [1.165, 1.54) is 11.1 Å². The van der Waals surface area contributed by atoms with E-state index in [4.69, 9.17) is 17.3 Å². The van der Waals surface area contributed by atoms with Crippen molar-refractivity contribution < 1.29 is 0 Å². The Bertz CT molecular complexity index is 331. The highest BCUT2D eigenvalue weighted by atomic mass is 35.5. The molecule has 1 nitrogen and oxygen atoms in total. The first-order valence-corrected chi connectivity index (χ1v) is 5.18. The topological polar surface area (TPSA) is 26.0 Å². The highest BCUT2D eigenvalue weighted by molar-refractivity contribution is 6.25. The number of benzene rings is 1. The zero-order valence-corrected chi connectivity index (χ0v) is 9.38. The van der Waals surface area contributed by atoms with Crippen molar-refractivity contribution >= 4 is 11.6 Å². The van der Waals surface area contributed by atoms with Crippen LogP contribution in [0.25, 0.3) is 0 Å². The molecule has 0 aromatic heterocycles. The SMILES string of the molecule is Cc1cccc(C(C)C(=CCl)CN)c1. The van der Waals surface area contributed by atoms with Crippen molar-refractivity contribution in [2.24, 2.45) is 5.73 Å². The van der Waals surface area contributed by atoms with Crippen molar-refractivity contribution in [3.63, 3.8) is 0 Å². The van der Waals surface area contributed by atoms with Gasteiger partial charge in [-0.2, -0.15) is 0 Å². The smallest absolute Gasteiger partial charge is 0.0154 e. The van der Waals surface area contributed by atoms with Crippen LogP contribution in [-0.4, -0.2) is 6.54 Å². The molecule has 0 saturated carbocycles. The molecular weight excluding hydrogens is 194 g/mol. The fourth-order valence-electron chi connectivity index (χ4n) is 1.47. The van der Waals surface area contributed by atoms with Crippen LogP contribution in [0.1, 0.15) is 24.0 Å². The lowest BCUT2D eigenvalue weighted by Gasteiger charge is -2.14. The highest BCUT2D eigenvalue weighted by Gasteiger charge is 2.09. The third-order valence-electron chi connectivity index (χ3n) is 2.47. The number of aryl methyl sites for hydroxylation is 1. The minimum Gasteiger partial charge on any atom is -0.327 e. The standard InChI is InChI=1S/C12H16ClN/c1-9-4-3-5-11(6-9)10(2)12(7-13)8-14/h3-7,10H,8,14H2,1-2H3. The van der Waals surface area contributed by atoms with Gasteiger partial charge >= 0.3 is 0 Å². The van der Waals surface area contributed by atoms with Gasteiger partial charge in [0.1, 0.15) is 0 Å². The lowest BCUT2D eigenvalue weighted by atomic mass is 9.93. The maximum absolute atomic E-state index is 5.71. The van der Waals surface area contributed by atoms with Crippen molar-refractivity contribution in [3.05, 3.63) is 46.5 Å². The van der Waals surface area contributed by atoms with Crippen LogP contribution < -0.4 is 5.73 Å². The minimum absolute atomic E-state index is 0.303. The van der Waals surface area contributed by atoms with Gasteiger partial charge in [0.15, 0.2) is 0 Å². The quantitative estimate of drug-likeness (QED) is 0.813. The second kappa shape index (κ2) is 5.18. The molecule has 0 radical (unpaired) electrons. The van der Waals surface area contributed by atoms with Crippen molar-refractivity contribution in [2.45, 2.75) is 19.8 Å². The van der Waals surface area contributed by atoms with Crippen molar-refractivity contribution in [1.82, 2.24) is 0 Å². The molecule has 0 heterocycles. The van der Waals surface area contributed by atoms with Gasteiger partial charge in [0.2, 0.25) is 0 Å². The number of hydrogen-bond donors (Lipinski definition) is 1. The Morgan fingerprint density at radius 1 is 1.57 bits per heavy atom.